The van der Waals surface area contributed by atoms with Gasteiger partial charge in [-0.15, -0.1) is 0 Å². The second-order valence-electron chi connectivity index (χ2n) is 8.55. The lowest BCUT2D eigenvalue weighted by Crippen LogP contribution is -2.49. The Bertz CT molecular complexity index is 1110. The summed E-state index contributed by atoms with van der Waals surface area (Å²) in [7, 11) is -3.75. The number of aryl methyl sites for hydroxylation is 1. The van der Waals surface area contributed by atoms with E-state index >= 15 is 0 Å². The molecule has 0 spiro atoms. The van der Waals surface area contributed by atoms with Crippen LogP contribution in [0.1, 0.15) is 50.7 Å². The third kappa shape index (κ3) is 8.06. The van der Waals surface area contributed by atoms with E-state index in [0.29, 0.717) is 13.0 Å². The fraction of sp³-hybridized carbons (Fsp3) is 0.462. The zero-order valence-electron chi connectivity index (χ0n) is 21.0. The molecular weight excluding hydrogens is 469 g/mol. The molecule has 0 saturated heterocycles. The van der Waals surface area contributed by atoms with Gasteiger partial charge in [-0.3, -0.25) is 13.9 Å². The van der Waals surface area contributed by atoms with Gasteiger partial charge in [0, 0.05) is 26.1 Å². The molecule has 0 bridgehead atoms. The number of nitrogens with one attached hydrogen (secondary N) is 1. The van der Waals surface area contributed by atoms with Gasteiger partial charge in [0.05, 0.1) is 11.9 Å². The molecule has 0 aromatic heterocycles. The molecule has 0 radical (unpaired) electrons. The van der Waals surface area contributed by atoms with Crippen molar-refractivity contribution in [2.45, 2.75) is 59.0 Å². The van der Waals surface area contributed by atoms with Crippen molar-refractivity contribution in [3.8, 4) is 0 Å². The second-order valence-corrected chi connectivity index (χ2v) is 10.5. The number of carbonyl (C=O) groups excluding carboxylic acids is 2. The average Bonchev–Trinajstić information content (AvgIpc) is 2.81. The number of halogens is 1. The van der Waals surface area contributed by atoms with Crippen molar-refractivity contribution in [2.24, 2.45) is 0 Å². The topological polar surface area (TPSA) is 86.8 Å². The maximum Gasteiger partial charge on any atom is 0.242 e. The van der Waals surface area contributed by atoms with Crippen LogP contribution in [0.3, 0.4) is 0 Å². The molecule has 2 rings (SSSR count). The predicted octanol–water partition coefficient (Wildman–Crippen LogP) is 4.01. The first-order valence-electron chi connectivity index (χ1n) is 11.9. The Morgan fingerprint density at radius 3 is 2.31 bits per heavy atom. The van der Waals surface area contributed by atoms with Gasteiger partial charge in [-0.1, -0.05) is 50.2 Å². The first-order chi connectivity index (χ1) is 16.6. The van der Waals surface area contributed by atoms with Gasteiger partial charge in [0.2, 0.25) is 21.8 Å². The van der Waals surface area contributed by atoms with Crippen molar-refractivity contribution in [3.63, 3.8) is 0 Å². The zero-order valence-corrected chi connectivity index (χ0v) is 21.8. The highest BCUT2D eigenvalue weighted by molar-refractivity contribution is 7.92. The second kappa shape index (κ2) is 13.2. The SMILES string of the molecule is CCCNC(=O)[C@@H](CC)N(Cc1ccccc1C)C(=O)CCCN(c1ccccc1F)S(C)(=O)=O. The molecule has 9 heteroatoms. The molecule has 0 aliphatic carbocycles. The minimum Gasteiger partial charge on any atom is -0.354 e. The van der Waals surface area contributed by atoms with Gasteiger partial charge in [0.1, 0.15) is 11.9 Å². The summed E-state index contributed by atoms with van der Waals surface area (Å²) in [6.07, 6.45) is 2.43. The summed E-state index contributed by atoms with van der Waals surface area (Å²) in [4.78, 5) is 27.8. The lowest BCUT2D eigenvalue weighted by molar-refractivity contribution is -0.141. The highest BCUT2D eigenvalue weighted by Crippen LogP contribution is 2.23. The first kappa shape index (κ1) is 28.3. The monoisotopic (exact) mass is 505 g/mol. The predicted molar refractivity (Wildman–Crippen MR) is 137 cm³/mol. The molecule has 2 amide bonds. The minimum atomic E-state index is -3.75. The van der Waals surface area contributed by atoms with Crippen molar-refractivity contribution < 1.29 is 22.4 Å². The van der Waals surface area contributed by atoms with Crippen LogP contribution >= 0.6 is 0 Å². The van der Waals surface area contributed by atoms with Crippen molar-refractivity contribution in [1.82, 2.24) is 10.2 Å². The highest BCUT2D eigenvalue weighted by atomic mass is 32.2. The summed E-state index contributed by atoms with van der Waals surface area (Å²) in [5.41, 5.74) is 1.90. The Balaban J connectivity index is 2.22. The van der Waals surface area contributed by atoms with E-state index in [4.69, 9.17) is 0 Å². The lowest BCUT2D eigenvalue weighted by atomic mass is 10.1. The Labute approximate surface area is 208 Å². The largest absolute Gasteiger partial charge is 0.354 e. The molecule has 2 aromatic rings. The van der Waals surface area contributed by atoms with Crippen LogP contribution in [0.15, 0.2) is 48.5 Å². The van der Waals surface area contributed by atoms with Gasteiger partial charge < -0.3 is 10.2 Å². The van der Waals surface area contributed by atoms with E-state index < -0.39 is 21.9 Å². The van der Waals surface area contributed by atoms with Crippen LogP contribution in [0.2, 0.25) is 0 Å². The molecule has 35 heavy (non-hydrogen) atoms. The number of sulfonamides is 1. The van der Waals surface area contributed by atoms with E-state index in [-0.39, 0.29) is 43.4 Å². The number of anilines is 1. The van der Waals surface area contributed by atoms with Crippen molar-refractivity contribution in [2.75, 3.05) is 23.7 Å². The maximum absolute atomic E-state index is 14.3. The highest BCUT2D eigenvalue weighted by Gasteiger charge is 2.29. The fourth-order valence-corrected chi connectivity index (χ4v) is 4.86. The summed E-state index contributed by atoms with van der Waals surface area (Å²) in [5, 5.41) is 2.88. The molecular formula is C26H36FN3O4S. The molecule has 0 aliphatic heterocycles. The number of hydrogen-bond acceptors (Lipinski definition) is 4. The Morgan fingerprint density at radius 2 is 1.71 bits per heavy atom. The molecule has 192 valence electrons. The number of hydrogen-bond donors (Lipinski definition) is 1. The smallest absolute Gasteiger partial charge is 0.242 e. The van der Waals surface area contributed by atoms with E-state index in [9.17, 15) is 22.4 Å². The van der Waals surface area contributed by atoms with E-state index in [2.05, 4.69) is 5.32 Å². The third-order valence-corrected chi connectivity index (χ3v) is 6.99. The number of nitrogens with zero attached hydrogens (tertiary/aromatic N) is 2. The van der Waals surface area contributed by atoms with Crippen molar-refractivity contribution in [3.05, 3.63) is 65.5 Å². The van der Waals surface area contributed by atoms with E-state index in [1.807, 2.05) is 45.0 Å². The Kier molecular flexibility index (Phi) is 10.7. The molecule has 0 aliphatic rings. The van der Waals surface area contributed by atoms with Gasteiger partial charge in [0.25, 0.3) is 0 Å². The van der Waals surface area contributed by atoms with Gasteiger partial charge in [0.15, 0.2) is 0 Å². The van der Waals surface area contributed by atoms with Crippen LogP contribution in [0.4, 0.5) is 10.1 Å². The van der Waals surface area contributed by atoms with E-state index in [1.165, 1.54) is 18.2 Å². The zero-order chi connectivity index (χ0) is 26.0. The summed E-state index contributed by atoms with van der Waals surface area (Å²) in [5.74, 6) is -1.11. The van der Waals surface area contributed by atoms with Crippen LogP contribution in [0.5, 0.6) is 0 Å². The molecule has 0 saturated carbocycles. The molecule has 0 heterocycles. The average molecular weight is 506 g/mol. The number of rotatable bonds is 13. The quantitative estimate of drug-likeness (QED) is 0.446. The summed E-state index contributed by atoms with van der Waals surface area (Å²) in [6.45, 7) is 6.51. The molecule has 7 nitrogen and oxygen atoms in total. The van der Waals surface area contributed by atoms with Crippen LogP contribution in [-0.2, 0) is 26.2 Å². The van der Waals surface area contributed by atoms with E-state index in [1.54, 1.807) is 11.0 Å². The normalized spacial score (nSPS) is 12.1. The minimum absolute atomic E-state index is 0.0178. The van der Waals surface area contributed by atoms with Crippen LogP contribution < -0.4 is 9.62 Å². The first-order valence-corrected chi connectivity index (χ1v) is 13.8. The summed E-state index contributed by atoms with van der Waals surface area (Å²) < 4.78 is 39.9. The van der Waals surface area contributed by atoms with Crippen molar-refractivity contribution in [1.29, 1.82) is 0 Å². The van der Waals surface area contributed by atoms with Crippen molar-refractivity contribution >= 4 is 27.5 Å². The summed E-state index contributed by atoms with van der Waals surface area (Å²) >= 11 is 0. The third-order valence-electron chi connectivity index (χ3n) is 5.81. The van der Waals surface area contributed by atoms with Gasteiger partial charge in [-0.05, 0) is 49.4 Å². The van der Waals surface area contributed by atoms with Gasteiger partial charge >= 0.3 is 0 Å². The molecule has 2 aromatic carbocycles. The fourth-order valence-electron chi connectivity index (χ4n) is 3.89. The summed E-state index contributed by atoms with van der Waals surface area (Å²) in [6, 6.07) is 12.7. The molecule has 1 atom stereocenters. The Hall–Kier alpha value is -2.94. The maximum atomic E-state index is 14.3. The number of carbonyl (C=O) groups is 2. The molecule has 1 N–H and O–H groups in total. The number of amides is 2. The lowest BCUT2D eigenvalue weighted by Gasteiger charge is -2.31. The van der Waals surface area contributed by atoms with Crippen LogP contribution in [0.25, 0.3) is 0 Å². The van der Waals surface area contributed by atoms with Gasteiger partial charge in [-0.25, -0.2) is 12.8 Å². The van der Waals surface area contributed by atoms with Crippen LogP contribution in [0, 0.1) is 12.7 Å². The van der Waals surface area contributed by atoms with E-state index in [0.717, 1.165) is 28.1 Å². The molecule has 0 fully saturated rings. The van der Waals surface area contributed by atoms with Crippen LogP contribution in [-0.4, -0.2) is 50.5 Å². The standard InChI is InChI=1S/C26H36FN3O4S/c1-5-17-28-26(32)23(6-2)29(19-21-13-8-7-12-20(21)3)25(31)16-11-18-30(35(4,33)34)24-15-10-9-14-22(24)27/h7-10,12-15,23H,5-6,11,16-19H2,1-4H3,(H,28,32)/t23-/m1/s1. The number of benzene rings is 2. The van der Waals surface area contributed by atoms with Gasteiger partial charge in [-0.2, -0.15) is 0 Å². The Morgan fingerprint density at radius 1 is 1.06 bits per heavy atom. The molecule has 0 unspecified atom stereocenters. The number of para-hydroxylation sites is 1.